The molecule has 0 aromatic heterocycles. The van der Waals surface area contributed by atoms with Crippen LogP contribution in [0.25, 0.3) is 0 Å². The first-order chi connectivity index (χ1) is 9.89. The largest absolute Gasteiger partial charge is 0.311 e. The standard InChI is InChI=1S/C14H18Cl2N2O2S/c1-18(11-7-9-5-6-10(8-11)17-9)21(19,20)13-4-2-3-12(15)14(13)16/h2-4,9-11,17H,5-8H2,1H3. The highest BCUT2D eigenvalue weighted by atomic mass is 35.5. The number of halogens is 2. The number of nitrogens with one attached hydrogen (secondary N) is 1. The lowest BCUT2D eigenvalue weighted by molar-refractivity contribution is 0.251. The van der Waals surface area contributed by atoms with Crippen molar-refractivity contribution >= 4 is 33.2 Å². The van der Waals surface area contributed by atoms with E-state index in [0.29, 0.717) is 12.1 Å². The second kappa shape index (κ2) is 5.70. The summed E-state index contributed by atoms with van der Waals surface area (Å²) < 4.78 is 27.1. The van der Waals surface area contributed by atoms with E-state index >= 15 is 0 Å². The summed E-state index contributed by atoms with van der Waals surface area (Å²) in [6.07, 6.45) is 3.97. The predicted molar refractivity (Wildman–Crippen MR) is 84.4 cm³/mol. The van der Waals surface area contributed by atoms with Gasteiger partial charge in [-0.2, -0.15) is 4.31 Å². The third kappa shape index (κ3) is 2.82. The molecule has 2 aliphatic heterocycles. The van der Waals surface area contributed by atoms with Gasteiger partial charge in [-0.05, 0) is 37.8 Å². The summed E-state index contributed by atoms with van der Waals surface area (Å²) in [5.74, 6) is 0. The van der Waals surface area contributed by atoms with Crippen LogP contribution in [0.2, 0.25) is 10.0 Å². The minimum Gasteiger partial charge on any atom is -0.311 e. The van der Waals surface area contributed by atoms with Crippen LogP contribution in [-0.4, -0.2) is 37.9 Å². The van der Waals surface area contributed by atoms with Gasteiger partial charge in [-0.1, -0.05) is 29.3 Å². The molecule has 2 unspecified atom stereocenters. The fourth-order valence-electron chi connectivity index (χ4n) is 3.36. The van der Waals surface area contributed by atoms with Crippen molar-refractivity contribution in [2.45, 2.75) is 48.7 Å². The average Bonchev–Trinajstić information content (AvgIpc) is 2.79. The van der Waals surface area contributed by atoms with Crippen LogP contribution >= 0.6 is 23.2 Å². The van der Waals surface area contributed by atoms with Crippen LogP contribution in [0, 0.1) is 0 Å². The summed E-state index contributed by atoms with van der Waals surface area (Å²) in [6.45, 7) is 0. The lowest BCUT2D eigenvalue weighted by atomic mass is 10.0. The quantitative estimate of drug-likeness (QED) is 0.913. The van der Waals surface area contributed by atoms with Crippen molar-refractivity contribution in [2.75, 3.05) is 7.05 Å². The number of sulfonamides is 1. The highest BCUT2D eigenvalue weighted by molar-refractivity contribution is 7.89. The molecular weight excluding hydrogens is 331 g/mol. The van der Waals surface area contributed by atoms with Crippen molar-refractivity contribution in [1.82, 2.24) is 9.62 Å². The fourth-order valence-corrected chi connectivity index (χ4v) is 5.47. The predicted octanol–water partition coefficient (Wildman–Crippen LogP) is 2.90. The van der Waals surface area contributed by atoms with Gasteiger partial charge < -0.3 is 5.32 Å². The summed E-state index contributed by atoms with van der Waals surface area (Å²) in [5.41, 5.74) is 0. The number of rotatable bonds is 3. The maximum atomic E-state index is 12.8. The Morgan fingerprint density at radius 1 is 1.19 bits per heavy atom. The minimum absolute atomic E-state index is 0.0174. The summed E-state index contributed by atoms with van der Waals surface area (Å²) in [7, 11) is -1.98. The van der Waals surface area contributed by atoms with Gasteiger partial charge in [-0.3, -0.25) is 0 Å². The van der Waals surface area contributed by atoms with Crippen molar-refractivity contribution in [3.8, 4) is 0 Å². The van der Waals surface area contributed by atoms with Crippen molar-refractivity contribution < 1.29 is 8.42 Å². The molecule has 7 heteroatoms. The van der Waals surface area contributed by atoms with Gasteiger partial charge in [-0.25, -0.2) is 8.42 Å². The Kier molecular flexibility index (Phi) is 4.23. The average molecular weight is 349 g/mol. The molecule has 0 amide bonds. The first-order valence-electron chi connectivity index (χ1n) is 7.07. The molecule has 1 aromatic rings. The molecular formula is C14H18Cl2N2O2S. The van der Waals surface area contributed by atoms with Gasteiger partial charge >= 0.3 is 0 Å². The first kappa shape index (κ1) is 15.6. The third-order valence-corrected chi connectivity index (χ3v) is 7.42. The van der Waals surface area contributed by atoms with E-state index in [1.54, 1.807) is 19.2 Å². The second-order valence-corrected chi connectivity index (χ2v) is 8.59. The number of benzene rings is 1. The van der Waals surface area contributed by atoms with Gasteiger partial charge in [0.1, 0.15) is 4.90 Å². The van der Waals surface area contributed by atoms with Crippen LogP contribution in [0.15, 0.2) is 23.1 Å². The summed E-state index contributed by atoms with van der Waals surface area (Å²) in [6, 6.07) is 5.59. The molecule has 1 N–H and O–H groups in total. The van der Waals surface area contributed by atoms with Crippen LogP contribution in [0.3, 0.4) is 0 Å². The lowest BCUT2D eigenvalue weighted by Crippen LogP contribution is -2.48. The SMILES string of the molecule is CN(C1CC2CCC(C1)N2)S(=O)(=O)c1cccc(Cl)c1Cl. The first-order valence-corrected chi connectivity index (χ1v) is 9.27. The molecule has 3 rings (SSSR count). The van der Waals surface area contributed by atoms with E-state index in [1.165, 1.54) is 10.4 Å². The number of piperidine rings is 1. The van der Waals surface area contributed by atoms with Gasteiger partial charge in [0.15, 0.2) is 0 Å². The maximum Gasteiger partial charge on any atom is 0.244 e. The normalized spacial score (nSPS) is 29.0. The van der Waals surface area contributed by atoms with E-state index in [2.05, 4.69) is 5.32 Å². The zero-order valence-electron chi connectivity index (χ0n) is 11.7. The van der Waals surface area contributed by atoms with E-state index in [0.717, 1.165) is 25.7 Å². The molecule has 0 radical (unpaired) electrons. The third-order valence-electron chi connectivity index (χ3n) is 4.54. The molecule has 0 aliphatic carbocycles. The molecule has 0 spiro atoms. The second-order valence-electron chi connectivity index (χ2n) is 5.84. The van der Waals surface area contributed by atoms with Gasteiger partial charge in [0.05, 0.1) is 10.0 Å². The topological polar surface area (TPSA) is 49.4 Å². The molecule has 2 atom stereocenters. The van der Waals surface area contributed by atoms with Crippen LogP contribution in [0.5, 0.6) is 0 Å². The fraction of sp³-hybridized carbons (Fsp3) is 0.571. The van der Waals surface area contributed by atoms with Gasteiger partial charge in [0.2, 0.25) is 10.0 Å². The lowest BCUT2D eigenvalue weighted by Gasteiger charge is -2.35. The Labute approximate surface area is 135 Å². The Hall–Kier alpha value is -0.330. The van der Waals surface area contributed by atoms with E-state index < -0.39 is 10.0 Å². The van der Waals surface area contributed by atoms with E-state index in [1.807, 2.05) is 0 Å². The van der Waals surface area contributed by atoms with Crippen LogP contribution < -0.4 is 5.32 Å². The summed E-state index contributed by atoms with van der Waals surface area (Å²) >= 11 is 12.0. The van der Waals surface area contributed by atoms with Crippen molar-refractivity contribution in [1.29, 1.82) is 0 Å². The van der Waals surface area contributed by atoms with Gasteiger partial charge in [0.25, 0.3) is 0 Å². The molecule has 0 saturated carbocycles. The smallest absolute Gasteiger partial charge is 0.244 e. The Bertz CT molecular complexity index is 638. The van der Waals surface area contributed by atoms with Gasteiger partial charge in [0, 0.05) is 25.2 Å². The number of fused-ring (bicyclic) bond motifs is 2. The molecule has 4 nitrogen and oxygen atoms in total. The monoisotopic (exact) mass is 348 g/mol. The number of hydrogen-bond acceptors (Lipinski definition) is 3. The Morgan fingerprint density at radius 2 is 1.81 bits per heavy atom. The molecule has 21 heavy (non-hydrogen) atoms. The minimum atomic E-state index is -3.62. The van der Waals surface area contributed by atoms with E-state index in [4.69, 9.17) is 23.2 Å². The van der Waals surface area contributed by atoms with Gasteiger partial charge in [-0.15, -0.1) is 0 Å². The van der Waals surface area contributed by atoms with Crippen LogP contribution in [0.4, 0.5) is 0 Å². The molecule has 2 aliphatic rings. The highest BCUT2D eigenvalue weighted by Crippen LogP contribution is 2.35. The molecule has 2 fully saturated rings. The zero-order chi connectivity index (χ0) is 15.2. The molecule has 2 heterocycles. The van der Waals surface area contributed by atoms with Crippen LogP contribution in [0.1, 0.15) is 25.7 Å². The molecule has 116 valence electrons. The van der Waals surface area contributed by atoms with Crippen molar-refractivity contribution in [3.63, 3.8) is 0 Å². The Morgan fingerprint density at radius 3 is 2.43 bits per heavy atom. The number of nitrogens with zero attached hydrogens (tertiary/aromatic N) is 1. The Balaban J connectivity index is 1.89. The van der Waals surface area contributed by atoms with E-state index in [9.17, 15) is 8.42 Å². The molecule has 2 bridgehead atoms. The molecule has 2 saturated heterocycles. The van der Waals surface area contributed by atoms with Crippen LogP contribution in [-0.2, 0) is 10.0 Å². The van der Waals surface area contributed by atoms with E-state index in [-0.39, 0.29) is 21.0 Å². The molecule has 1 aromatic carbocycles. The highest BCUT2D eigenvalue weighted by Gasteiger charge is 2.39. The van der Waals surface area contributed by atoms with Crippen molar-refractivity contribution in [2.24, 2.45) is 0 Å². The summed E-state index contributed by atoms with van der Waals surface area (Å²) in [5, 5.41) is 3.88. The maximum absolute atomic E-state index is 12.8. The summed E-state index contributed by atoms with van der Waals surface area (Å²) in [4.78, 5) is 0.0880. The zero-order valence-corrected chi connectivity index (χ0v) is 14.0. The van der Waals surface area contributed by atoms with Crippen molar-refractivity contribution in [3.05, 3.63) is 28.2 Å². The number of hydrogen-bond donors (Lipinski definition) is 1.